The molecule has 1 unspecified atom stereocenters. The Bertz CT molecular complexity index is 528. The fourth-order valence-corrected chi connectivity index (χ4v) is 2.27. The molecule has 0 bridgehead atoms. The first kappa shape index (κ1) is 14.2. The Labute approximate surface area is 119 Å². The van der Waals surface area contributed by atoms with E-state index in [1.54, 1.807) is 30.3 Å². The van der Waals surface area contributed by atoms with Crippen molar-refractivity contribution in [3.8, 4) is 0 Å². The zero-order valence-corrected chi connectivity index (χ0v) is 11.7. The Balaban J connectivity index is 2.04. The van der Waals surface area contributed by atoms with Gasteiger partial charge in [0.15, 0.2) is 0 Å². The van der Waals surface area contributed by atoms with Crippen molar-refractivity contribution in [1.29, 1.82) is 0 Å². The smallest absolute Gasteiger partial charge is 0.128 e. The molecule has 2 aromatic carbocycles. The van der Waals surface area contributed by atoms with Crippen molar-refractivity contribution in [1.82, 2.24) is 0 Å². The lowest BCUT2D eigenvalue weighted by molar-refractivity contribution is 0.0548. The van der Waals surface area contributed by atoms with Crippen molar-refractivity contribution in [2.24, 2.45) is 0 Å². The van der Waals surface area contributed by atoms with E-state index < -0.39 is 0 Å². The molecule has 0 amide bonds. The topological polar surface area (TPSA) is 9.23 Å². The minimum atomic E-state index is -0.286. The van der Waals surface area contributed by atoms with E-state index in [1.807, 2.05) is 0 Å². The Morgan fingerprint density at radius 1 is 1.00 bits per heavy atom. The third kappa shape index (κ3) is 3.85. The summed E-state index contributed by atoms with van der Waals surface area (Å²) in [5.74, 6) is -0.568. The monoisotopic (exact) mass is 326 g/mol. The van der Waals surface area contributed by atoms with Crippen molar-refractivity contribution in [3.05, 3.63) is 71.3 Å². The molecule has 19 heavy (non-hydrogen) atoms. The van der Waals surface area contributed by atoms with Gasteiger partial charge in [-0.25, -0.2) is 8.78 Å². The summed E-state index contributed by atoms with van der Waals surface area (Å²) in [6.45, 7) is 0.181. The lowest BCUT2D eigenvalue weighted by atomic mass is 10.1. The van der Waals surface area contributed by atoms with Crippen LogP contribution in [-0.4, -0.2) is 5.33 Å². The molecule has 0 aliphatic carbocycles. The van der Waals surface area contributed by atoms with E-state index >= 15 is 0 Å². The third-order valence-electron chi connectivity index (χ3n) is 2.78. The van der Waals surface area contributed by atoms with Gasteiger partial charge in [0.05, 0.1) is 12.7 Å². The molecule has 0 aromatic heterocycles. The molecule has 100 valence electrons. The van der Waals surface area contributed by atoms with E-state index in [4.69, 9.17) is 4.74 Å². The second kappa shape index (κ2) is 6.78. The van der Waals surface area contributed by atoms with Crippen LogP contribution in [0.5, 0.6) is 0 Å². The normalized spacial score (nSPS) is 12.4. The molecule has 4 heteroatoms. The van der Waals surface area contributed by atoms with E-state index in [0.29, 0.717) is 10.9 Å². The SMILES string of the molecule is Fc1ccc(C(CBr)OCc2ccccc2F)cc1. The molecule has 0 aliphatic heterocycles. The molecule has 1 nitrogen and oxygen atoms in total. The number of alkyl halides is 1. The molecular weight excluding hydrogens is 314 g/mol. The second-order valence-electron chi connectivity index (χ2n) is 4.10. The molecule has 0 radical (unpaired) electrons. The van der Waals surface area contributed by atoms with Gasteiger partial charge in [-0.05, 0) is 23.8 Å². The highest BCUT2D eigenvalue weighted by molar-refractivity contribution is 9.09. The van der Waals surface area contributed by atoms with E-state index in [-0.39, 0.29) is 24.3 Å². The van der Waals surface area contributed by atoms with Gasteiger partial charge in [0.25, 0.3) is 0 Å². The van der Waals surface area contributed by atoms with Crippen LogP contribution in [0, 0.1) is 11.6 Å². The highest BCUT2D eigenvalue weighted by Crippen LogP contribution is 2.22. The first-order chi connectivity index (χ1) is 9.20. The van der Waals surface area contributed by atoms with E-state index in [2.05, 4.69) is 15.9 Å². The van der Waals surface area contributed by atoms with Crippen LogP contribution in [-0.2, 0) is 11.3 Å². The Hall–Kier alpha value is -1.26. The van der Waals surface area contributed by atoms with Crippen molar-refractivity contribution in [2.45, 2.75) is 12.7 Å². The van der Waals surface area contributed by atoms with Crippen LogP contribution in [0.3, 0.4) is 0 Å². The first-order valence-electron chi connectivity index (χ1n) is 5.87. The summed E-state index contributed by atoms with van der Waals surface area (Å²) < 4.78 is 32.0. The molecule has 0 aliphatic rings. The van der Waals surface area contributed by atoms with Crippen molar-refractivity contribution >= 4 is 15.9 Å². The second-order valence-corrected chi connectivity index (χ2v) is 4.74. The average molecular weight is 327 g/mol. The zero-order valence-electron chi connectivity index (χ0n) is 10.2. The number of hydrogen-bond donors (Lipinski definition) is 0. The van der Waals surface area contributed by atoms with Gasteiger partial charge in [0.2, 0.25) is 0 Å². The van der Waals surface area contributed by atoms with Crippen LogP contribution in [0.25, 0.3) is 0 Å². The van der Waals surface area contributed by atoms with Crippen molar-refractivity contribution < 1.29 is 13.5 Å². The number of benzene rings is 2. The molecule has 0 heterocycles. The summed E-state index contributed by atoms with van der Waals surface area (Å²) in [5.41, 5.74) is 1.37. The molecule has 0 saturated carbocycles. The summed E-state index contributed by atoms with van der Waals surface area (Å²) in [6, 6.07) is 12.6. The van der Waals surface area contributed by atoms with Gasteiger partial charge < -0.3 is 4.74 Å². The van der Waals surface area contributed by atoms with Gasteiger partial charge >= 0.3 is 0 Å². The highest BCUT2D eigenvalue weighted by atomic mass is 79.9. The largest absolute Gasteiger partial charge is 0.368 e. The lowest BCUT2D eigenvalue weighted by Crippen LogP contribution is -2.07. The Kier molecular flexibility index (Phi) is 5.05. The fraction of sp³-hybridized carbons (Fsp3) is 0.200. The summed E-state index contributed by atoms with van der Waals surface area (Å²) >= 11 is 3.35. The molecule has 2 rings (SSSR count). The van der Waals surface area contributed by atoms with Gasteiger partial charge in [0, 0.05) is 10.9 Å². The molecule has 0 fully saturated rings. The van der Waals surface area contributed by atoms with E-state index in [0.717, 1.165) is 5.56 Å². The van der Waals surface area contributed by atoms with Crippen molar-refractivity contribution in [3.63, 3.8) is 0 Å². The van der Waals surface area contributed by atoms with Crippen LogP contribution in [0.4, 0.5) is 8.78 Å². The summed E-state index contributed by atoms with van der Waals surface area (Å²) in [4.78, 5) is 0. The van der Waals surface area contributed by atoms with Gasteiger partial charge in [-0.15, -0.1) is 0 Å². The predicted molar refractivity (Wildman–Crippen MR) is 74.1 cm³/mol. The average Bonchev–Trinajstić information content (AvgIpc) is 2.43. The standard InChI is InChI=1S/C15H13BrF2O/c16-9-15(11-5-7-13(17)8-6-11)19-10-12-3-1-2-4-14(12)18/h1-8,15H,9-10H2. The van der Waals surface area contributed by atoms with E-state index in [1.165, 1.54) is 18.2 Å². The van der Waals surface area contributed by atoms with E-state index in [9.17, 15) is 8.78 Å². The van der Waals surface area contributed by atoms with Gasteiger partial charge in [-0.2, -0.15) is 0 Å². The summed E-state index contributed by atoms with van der Waals surface area (Å²) in [6.07, 6.45) is -0.236. The molecule has 0 spiro atoms. The number of halogens is 3. The quantitative estimate of drug-likeness (QED) is 0.728. The maximum absolute atomic E-state index is 13.5. The fourth-order valence-electron chi connectivity index (χ4n) is 1.71. The molecule has 0 N–H and O–H groups in total. The van der Waals surface area contributed by atoms with Gasteiger partial charge in [0.1, 0.15) is 11.6 Å². The summed E-state index contributed by atoms with van der Waals surface area (Å²) in [7, 11) is 0. The van der Waals surface area contributed by atoms with Crippen LogP contribution < -0.4 is 0 Å². The molecule has 1 atom stereocenters. The third-order valence-corrected chi connectivity index (χ3v) is 3.37. The summed E-state index contributed by atoms with van der Waals surface area (Å²) in [5, 5.41) is 0.563. The van der Waals surface area contributed by atoms with Crippen LogP contribution in [0.15, 0.2) is 48.5 Å². The molecule has 0 saturated heterocycles. The van der Waals surface area contributed by atoms with Crippen molar-refractivity contribution in [2.75, 3.05) is 5.33 Å². The van der Waals surface area contributed by atoms with Gasteiger partial charge in [-0.1, -0.05) is 46.3 Å². The maximum Gasteiger partial charge on any atom is 0.128 e. The van der Waals surface area contributed by atoms with Gasteiger partial charge in [-0.3, -0.25) is 0 Å². The lowest BCUT2D eigenvalue weighted by Gasteiger charge is -2.16. The number of ether oxygens (including phenoxy) is 1. The minimum absolute atomic E-state index is 0.181. The van der Waals surface area contributed by atoms with Crippen LogP contribution in [0.1, 0.15) is 17.2 Å². The number of rotatable bonds is 5. The minimum Gasteiger partial charge on any atom is -0.368 e. The Morgan fingerprint density at radius 3 is 2.32 bits per heavy atom. The highest BCUT2D eigenvalue weighted by Gasteiger charge is 2.12. The van der Waals surface area contributed by atoms with Crippen LogP contribution in [0.2, 0.25) is 0 Å². The Morgan fingerprint density at radius 2 is 1.68 bits per heavy atom. The predicted octanol–water partition coefficient (Wildman–Crippen LogP) is 4.62. The maximum atomic E-state index is 13.5. The number of hydrogen-bond acceptors (Lipinski definition) is 1. The first-order valence-corrected chi connectivity index (χ1v) is 6.99. The molecular formula is C15H13BrF2O. The molecule has 2 aromatic rings. The van der Waals surface area contributed by atoms with Crippen LogP contribution >= 0.6 is 15.9 Å². The zero-order chi connectivity index (χ0) is 13.7.